The third-order valence-corrected chi connectivity index (χ3v) is 4.62. The van der Waals surface area contributed by atoms with Crippen LogP contribution in [0.25, 0.3) is 0 Å². The molecule has 0 radical (unpaired) electrons. The number of carbonyl (C=O) groups is 2. The summed E-state index contributed by atoms with van der Waals surface area (Å²) in [5, 5.41) is 2.85. The lowest BCUT2D eigenvalue weighted by Crippen LogP contribution is -2.49. The smallest absolute Gasteiger partial charge is 0.245 e. The zero-order valence-corrected chi connectivity index (χ0v) is 12.2. The lowest BCUT2D eigenvalue weighted by molar-refractivity contribution is -0.136. The Morgan fingerprint density at radius 3 is 2.68 bits per heavy atom. The number of rotatable bonds is 2. The molecule has 1 N–H and O–H groups in total. The van der Waals surface area contributed by atoms with Crippen LogP contribution in [0.1, 0.15) is 58.8 Å². The molecule has 19 heavy (non-hydrogen) atoms. The Morgan fingerprint density at radius 2 is 1.95 bits per heavy atom. The Bertz CT molecular complexity index is 343. The maximum atomic E-state index is 12.6. The Hall–Kier alpha value is -1.06. The van der Waals surface area contributed by atoms with Crippen molar-refractivity contribution in [2.75, 3.05) is 6.54 Å². The topological polar surface area (TPSA) is 49.4 Å². The number of hydrogen-bond acceptors (Lipinski definition) is 2. The van der Waals surface area contributed by atoms with E-state index in [1.807, 2.05) is 11.8 Å². The van der Waals surface area contributed by atoms with Gasteiger partial charge in [-0.3, -0.25) is 9.59 Å². The molecule has 1 aliphatic heterocycles. The molecule has 1 aliphatic carbocycles. The molecule has 0 aromatic rings. The van der Waals surface area contributed by atoms with E-state index in [0.29, 0.717) is 31.3 Å². The minimum atomic E-state index is -0.314. The second-order valence-electron chi connectivity index (χ2n) is 5.99. The predicted molar refractivity (Wildman–Crippen MR) is 74.6 cm³/mol. The van der Waals surface area contributed by atoms with Gasteiger partial charge in [0.2, 0.25) is 11.8 Å². The molecule has 1 saturated carbocycles. The zero-order chi connectivity index (χ0) is 13.8. The van der Waals surface area contributed by atoms with Gasteiger partial charge in [0.1, 0.15) is 6.04 Å². The Morgan fingerprint density at radius 1 is 1.21 bits per heavy atom. The molecule has 2 fully saturated rings. The minimum Gasteiger partial charge on any atom is -0.344 e. The maximum absolute atomic E-state index is 12.6. The van der Waals surface area contributed by atoms with E-state index in [0.717, 1.165) is 6.42 Å². The molecule has 3 unspecified atom stereocenters. The molecule has 0 aromatic carbocycles. The third-order valence-electron chi connectivity index (χ3n) is 4.62. The van der Waals surface area contributed by atoms with Crippen LogP contribution in [-0.2, 0) is 9.59 Å². The molecule has 2 rings (SSSR count). The SMILES string of the molecule is CCC1NC(=O)CCN(C2CCCCCC2C)C1=O. The summed E-state index contributed by atoms with van der Waals surface area (Å²) < 4.78 is 0. The van der Waals surface area contributed by atoms with Crippen molar-refractivity contribution in [3.8, 4) is 0 Å². The van der Waals surface area contributed by atoms with Crippen molar-refractivity contribution in [2.24, 2.45) is 5.92 Å². The number of nitrogens with zero attached hydrogens (tertiary/aromatic N) is 1. The van der Waals surface area contributed by atoms with E-state index >= 15 is 0 Å². The first-order valence-corrected chi connectivity index (χ1v) is 7.73. The molecule has 4 heteroatoms. The summed E-state index contributed by atoms with van der Waals surface area (Å²) in [6.07, 6.45) is 7.18. The molecule has 0 spiro atoms. The fourth-order valence-corrected chi connectivity index (χ4v) is 3.40. The first-order valence-electron chi connectivity index (χ1n) is 7.73. The van der Waals surface area contributed by atoms with E-state index in [9.17, 15) is 9.59 Å². The van der Waals surface area contributed by atoms with E-state index in [-0.39, 0.29) is 17.9 Å². The van der Waals surface area contributed by atoms with E-state index < -0.39 is 0 Å². The lowest BCUT2D eigenvalue weighted by atomic mass is 9.94. The zero-order valence-electron chi connectivity index (χ0n) is 12.2. The average Bonchev–Trinajstić information content (AvgIpc) is 2.68. The van der Waals surface area contributed by atoms with Crippen molar-refractivity contribution in [3.05, 3.63) is 0 Å². The van der Waals surface area contributed by atoms with Crippen molar-refractivity contribution in [3.63, 3.8) is 0 Å². The summed E-state index contributed by atoms with van der Waals surface area (Å²) in [6, 6.07) is 0.0159. The van der Waals surface area contributed by atoms with Crippen molar-refractivity contribution < 1.29 is 9.59 Å². The average molecular weight is 266 g/mol. The van der Waals surface area contributed by atoms with Crippen molar-refractivity contribution in [1.29, 1.82) is 0 Å². The standard InChI is InChI=1S/C15H26N2O2/c1-3-12-15(19)17(10-9-14(18)16-12)13-8-6-4-5-7-11(13)2/h11-13H,3-10H2,1-2H3,(H,16,18). The van der Waals surface area contributed by atoms with Gasteiger partial charge in [0, 0.05) is 19.0 Å². The van der Waals surface area contributed by atoms with Crippen molar-refractivity contribution >= 4 is 11.8 Å². The first-order chi connectivity index (χ1) is 9.13. The van der Waals surface area contributed by atoms with Crippen molar-refractivity contribution in [2.45, 2.75) is 70.9 Å². The van der Waals surface area contributed by atoms with Crippen LogP contribution in [0, 0.1) is 5.92 Å². The monoisotopic (exact) mass is 266 g/mol. The molecule has 0 bridgehead atoms. The second-order valence-corrected chi connectivity index (χ2v) is 5.99. The molecule has 1 saturated heterocycles. The highest BCUT2D eigenvalue weighted by atomic mass is 16.2. The Kier molecular flexibility index (Phi) is 4.83. The van der Waals surface area contributed by atoms with Crippen LogP contribution in [0.2, 0.25) is 0 Å². The van der Waals surface area contributed by atoms with Gasteiger partial charge in [-0.25, -0.2) is 0 Å². The van der Waals surface area contributed by atoms with E-state index in [1.54, 1.807) is 0 Å². The van der Waals surface area contributed by atoms with Crippen LogP contribution in [0.15, 0.2) is 0 Å². The summed E-state index contributed by atoms with van der Waals surface area (Å²) in [7, 11) is 0. The molecule has 4 nitrogen and oxygen atoms in total. The number of nitrogens with one attached hydrogen (secondary N) is 1. The quantitative estimate of drug-likeness (QED) is 0.778. The van der Waals surface area contributed by atoms with Crippen molar-refractivity contribution in [1.82, 2.24) is 10.2 Å². The van der Waals surface area contributed by atoms with Crippen LogP contribution >= 0.6 is 0 Å². The van der Waals surface area contributed by atoms with E-state index in [2.05, 4.69) is 12.2 Å². The first kappa shape index (κ1) is 14.4. The molecular weight excluding hydrogens is 240 g/mol. The summed E-state index contributed by atoms with van der Waals surface area (Å²) >= 11 is 0. The van der Waals surface area contributed by atoms with Gasteiger partial charge in [-0.2, -0.15) is 0 Å². The second kappa shape index (κ2) is 6.40. The number of amides is 2. The number of carbonyl (C=O) groups excluding carboxylic acids is 2. The van der Waals surface area contributed by atoms with Gasteiger partial charge in [0.15, 0.2) is 0 Å². The summed E-state index contributed by atoms with van der Waals surface area (Å²) in [5.41, 5.74) is 0. The van der Waals surface area contributed by atoms with Gasteiger partial charge < -0.3 is 10.2 Å². The van der Waals surface area contributed by atoms with Gasteiger partial charge in [-0.1, -0.05) is 33.1 Å². The summed E-state index contributed by atoms with van der Waals surface area (Å²) in [6.45, 7) is 4.81. The molecular formula is C15H26N2O2. The normalized spacial score (nSPS) is 33.6. The highest BCUT2D eigenvalue weighted by Gasteiger charge is 2.35. The van der Waals surface area contributed by atoms with Gasteiger partial charge in [-0.05, 0) is 25.2 Å². The Balaban J connectivity index is 2.15. The van der Waals surface area contributed by atoms with E-state index in [4.69, 9.17) is 0 Å². The fraction of sp³-hybridized carbons (Fsp3) is 0.867. The summed E-state index contributed by atoms with van der Waals surface area (Å²) in [4.78, 5) is 26.3. The minimum absolute atomic E-state index is 0.0176. The molecule has 108 valence electrons. The largest absolute Gasteiger partial charge is 0.344 e. The summed E-state index contributed by atoms with van der Waals surface area (Å²) in [5.74, 6) is 0.702. The third kappa shape index (κ3) is 3.28. The van der Waals surface area contributed by atoms with Crippen LogP contribution in [0.5, 0.6) is 0 Å². The van der Waals surface area contributed by atoms with Gasteiger partial charge in [-0.15, -0.1) is 0 Å². The molecule has 2 amide bonds. The Labute approximate surface area is 115 Å². The molecule has 2 aliphatic rings. The van der Waals surface area contributed by atoms with Crippen LogP contribution in [-0.4, -0.2) is 35.3 Å². The van der Waals surface area contributed by atoms with Crippen LogP contribution in [0.4, 0.5) is 0 Å². The van der Waals surface area contributed by atoms with Crippen LogP contribution < -0.4 is 5.32 Å². The highest BCUT2D eigenvalue weighted by molar-refractivity contribution is 5.90. The van der Waals surface area contributed by atoms with Gasteiger partial charge >= 0.3 is 0 Å². The lowest BCUT2D eigenvalue weighted by Gasteiger charge is -2.35. The maximum Gasteiger partial charge on any atom is 0.245 e. The van der Waals surface area contributed by atoms with Crippen LogP contribution in [0.3, 0.4) is 0 Å². The molecule has 0 aromatic heterocycles. The van der Waals surface area contributed by atoms with Gasteiger partial charge in [0.05, 0.1) is 0 Å². The highest BCUT2D eigenvalue weighted by Crippen LogP contribution is 2.28. The fourth-order valence-electron chi connectivity index (χ4n) is 3.40. The van der Waals surface area contributed by atoms with Gasteiger partial charge in [0.25, 0.3) is 0 Å². The molecule has 1 heterocycles. The van der Waals surface area contributed by atoms with E-state index in [1.165, 1.54) is 25.7 Å². The molecule has 3 atom stereocenters. The predicted octanol–water partition coefficient (Wildman–Crippen LogP) is 2.08. The number of hydrogen-bond donors (Lipinski definition) is 1.